The number of carbonyl (C=O) groups is 1. The van der Waals surface area contributed by atoms with Gasteiger partial charge in [-0.2, -0.15) is 13.2 Å². The van der Waals surface area contributed by atoms with Gasteiger partial charge < -0.3 is 15.4 Å². The van der Waals surface area contributed by atoms with Gasteiger partial charge >= 0.3 is 12.1 Å². The van der Waals surface area contributed by atoms with Crippen LogP contribution in [-0.4, -0.2) is 32.8 Å². The number of rotatable bonds is 3. The third-order valence-electron chi connectivity index (χ3n) is 2.35. The fourth-order valence-electron chi connectivity index (χ4n) is 1.51. The predicted octanol–water partition coefficient (Wildman–Crippen LogP) is 2.19. The summed E-state index contributed by atoms with van der Waals surface area (Å²) in [7, 11) is 2.15. The number of nitrogens with zero attached hydrogens (tertiary/aromatic N) is 1. The number of alkyl halides is 3. The van der Waals surface area contributed by atoms with E-state index in [9.17, 15) is 22.4 Å². The van der Waals surface area contributed by atoms with Gasteiger partial charge in [-0.3, -0.25) is 0 Å². The molecule has 8 heteroatoms. The molecule has 0 aliphatic rings. The minimum absolute atomic E-state index is 0.187. The molecule has 0 atom stereocenters. The van der Waals surface area contributed by atoms with Crippen molar-refractivity contribution >= 4 is 17.3 Å². The lowest BCUT2D eigenvalue weighted by Crippen LogP contribution is -2.31. The molecule has 0 fully saturated rings. The molecule has 0 unspecified atom stereocenters. The van der Waals surface area contributed by atoms with E-state index in [1.165, 1.54) is 0 Å². The Kier molecular flexibility index (Phi) is 4.23. The topological polar surface area (TPSA) is 55.6 Å². The second kappa shape index (κ2) is 5.33. The van der Waals surface area contributed by atoms with E-state index in [-0.39, 0.29) is 16.9 Å². The molecule has 0 saturated heterocycles. The van der Waals surface area contributed by atoms with Crippen LogP contribution in [0.2, 0.25) is 0 Å². The van der Waals surface area contributed by atoms with Crippen molar-refractivity contribution in [2.75, 3.05) is 31.3 Å². The zero-order chi connectivity index (χ0) is 14.8. The van der Waals surface area contributed by atoms with Crippen molar-refractivity contribution in [3.05, 3.63) is 23.5 Å². The molecule has 1 rings (SSSR count). The van der Waals surface area contributed by atoms with E-state index in [1.807, 2.05) is 0 Å². The number of ether oxygens (including phenoxy) is 1. The number of nitrogens with two attached hydrogens (primary N) is 1. The van der Waals surface area contributed by atoms with Crippen molar-refractivity contribution in [2.24, 2.45) is 0 Å². The SMILES string of the molecule is COC(=O)c1cc(N(C)CC(F)(F)F)c(F)cc1N. The summed E-state index contributed by atoms with van der Waals surface area (Å²) in [5, 5.41) is 0. The molecule has 0 aliphatic carbocycles. The van der Waals surface area contributed by atoms with Gasteiger partial charge in [-0.1, -0.05) is 0 Å². The molecule has 0 saturated carbocycles. The summed E-state index contributed by atoms with van der Waals surface area (Å²) in [4.78, 5) is 12.0. The maximum Gasteiger partial charge on any atom is 0.405 e. The number of nitrogen functional groups attached to an aromatic ring is 1. The molecule has 0 amide bonds. The highest BCUT2D eigenvalue weighted by atomic mass is 19.4. The number of hydrogen-bond acceptors (Lipinski definition) is 4. The zero-order valence-corrected chi connectivity index (χ0v) is 10.2. The van der Waals surface area contributed by atoms with E-state index >= 15 is 0 Å². The van der Waals surface area contributed by atoms with Gasteiger partial charge in [0.2, 0.25) is 0 Å². The number of halogens is 4. The average molecular weight is 280 g/mol. The van der Waals surface area contributed by atoms with Crippen molar-refractivity contribution in [3.63, 3.8) is 0 Å². The van der Waals surface area contributed by atoms with Crippen LogP contribution in [0.3, 0.4) is 0 Å². The molecular weight excluding hydrogens is 268 g/mol. The summed E-state index contributed by atoms with van der Waals surface area (Å²) in [6.07, 6.45) is -4.49. The van der Waals surface area contributed by atoms with Crippen LogP contribution in [0.15, 0.2) is 12.1 Å². The molecule has 1 aromatic rings. The largest absolute Gasteiger partial charge is 0.465 e. The normalized spacial score (nSPS) is 11.3. The van der Waals surface area contributed by atoms with Crippen LogP contribution in [-0.2, 0) is 4.74 Å². The Balaban J connectivity index is 3.17. The highest BCUT2D eigenvalue weighted by Crippen LogP contribution is 2.27. The van der Waals surface area contributed by atoms with E-state index in [0.717, 1.165) is 26.3 Å². The van der Waals surface area contributed by atoms with Crippen LogP contribution < -0.4 is 10.6 Å². The smallest absolute Gasteiger partial charge is 0.405 e. The van der Waals surface area contributed by atoms with E-state index in [0.29, 0.717) is 4.90 Å². The monoisotopic (exact) mass is 280 g/mol. The molecule has 0 heterocycles. The van der Waals surface area contributed by atoms with Crippen molar-refractivity contribution in [1.29, 1.82) is 0 Å². The lowest BCUT2D eigenvalue weighted by atomic mass is 10.1. The first-order valence-electron chi connectivity index (χ1n) is 5.11. The number of anilines is 2. The molecule has 0 aliphatic heterocycles. The minimum Gasteiger partial charge on any atom is -0.465 e. The summed E-state index contributed by atoms with van der Waals surface area (Å²) in [5.41, 5.74) is 4.64. The van der Waals surface area contributed by atoms with Gasteiger partial charge in [-0.25, -0.2) is 9.18 Å². The summed E-state index contributed by atoms with van der Waals surface area (Å²) in [5.74, 6) is -1.80. The molecule has 4 nitrogen and oxygen atoms in total. The number of hydrogen-bond donors (Lipinski definition) is 1. The predicted molar refractivity (Wildman–Crippen MR) is 61.5 cm³/mol. The van der Waals surface area contributed by atoms with Gasteiger partial charge in [-0.15, -0.1) is 0 Å². The van der Waals surface area contributed by atoms with E-state index in [1.54, 1.807) is 0 Å². The van der Waals surface area contributed by atoms with Gasteiger partial charge in [0.1, 0.15) is 12.4 Å². The van der Waals surface area contributed by atoms with Crippen LogP contribution in [0.1, 0.15) is 10.4 Å². The number of benzene rings is 1. The second-order valence-corrected chi connectivity index (χ2v) is 3.85. The van der Waals surface area contributed by atoms with Crippen molar-refractivity contribution in [1.82, 2.24) is 0 Å². The molecule has 0 bridgehead atoms. The van der Waals surface area contributed by atoms with Crippen molar-refractivity contribution < 1.29 is 27.1 Å². The third-order valence-corrected chi connectivity index (χ3v) is 2.35. The number of carbonyl (C=O) groups excluding carboxylic acids is 1. The first-order chi connectivity index (χ1) is 8.65. The summed E-state index contributed by atoms with van der Waals surface area (Å²) in [6.45, 7) is -1.35. The van der Waals surface area contributed by atoms with Crippen molar-refractivity contribution in [3.8, 4) is 0 Å². The maximum absolute atomic E-state index is 13.6. The number of esters is 1. The van der Waals surface area contributed by atoms with Gasteiger partial charge in [-0.05, 0) is 12.1 Å². The van der Waals surface area contributed by atoms with Gasteiger partial charge in [0.05, 0.1) is 18.4 Å². The Morgan fingerprint density at radius 2 is 2.00 bits per heavy atom. The molecule has 106 valence electrons. The first kappa shape index (κ1) is 15.1. The Hall–Kier alpha value is -1.99. The summed E-state index contributed by atoms with van der Waals surface area (Å²) < 4.78 is 54.7. The first-order valence-corrected chi connectivity index (χ1v) is 5.11. The zero-order valence-electron chi connectivity index (χ0n) is 10.2. The molecule has 2 N–H and O–H groups in total. The Bertz CT molecular complexity index is 488. The molecule has 19 heavy (non-hydrogen) atoms. The summed E-state index contributed by atoms with van der Waals surface area (Å²) in [6, 6.07) is 1.72. The maximum atomic E-state index is 13.6. The fourth-order valence-corrected chi connectivity index (χ4v) is 1.51. The van der Waals surface area contributed by atoms with Crippen LogP contribution in [0, 0.1) is 5.82 Å². The molecule has 0 radical (unpaired) electrons. The van der Waals surface area contributed by atoms with E-state index < -0.39 is 24.5 Å². The van der Waals surface area contributed by atoms with Gasteiger partial charge in [0, 0.05) is 12.7 Å². The molecule has 1 aromatic carbocycles. The Morgan fingerprint density at radius 1 is 1.42 bits per heavy atom. The van der Waals surface area contributed by atoms with Crippen LogP contribution in [0.4, 0.5) is 28.9 Å². The number of methoxy groups -OCH3 is 1. The van der Waals surface area contributed by atoms with Gasteiger partial charge in [0.25, 0.3) is 0 Å². The van der Waals surface area contributed by atoms with Crippen molar-refractivity contribution in [2.45, 2.75) is 6.18 Å². The lowest BCUT2D eigenvalue weighted by Gasteiger charge is -2.22. The third kappa shape index (κ3) is 3.73. The molecular formula is C11H12F4N2O2. The highest BCUT2D eigenvalue weighted by Gasteiger charge is 2.30. The second-order valence-electron chi connectivity index (χ2n) is 3.85. The van der Waals surface area contributed by atoms with Crippen LogP contribution in [0.25, 0.3) is 0 Å². The summed E-state index contributed by atoms with van der Waals surface area (Å²) >= 11 is 0. The van der Waals surface area contributed by atoms with E-state index in [4.69, 9.17) is 5.73 Å². The molecule has 0 aromatic heterocycles. The van der Waals surface area contributed by atoms with Gasteiger partial charge in [0.15, 0.2) is 0 Å². The average Bonchev–Trinajstić information content (AvgIpc) is 2.25. The minimum atomic E-state index is -4.49. The van der Waals surface area contributed by atoms with Crippen LogP contribution >= 0.6 is 0 Å². The highest BCUT2D eigenvalue weighted by molar-refractivity contribution is 5.96. The Morgan fingerprint density at radius 3 is 2.47 bits per heavy atom. The molecule has 0 spiro atoms. The van der Waals surface area contributed by atoms with E-state index in [2.05, 4.69) is 4.74 Å². The quantitative estimate of drug-likeness (QED) is 0.524. The fraction of sp³-hybridized carbons (Fsp3) is 0.364. The Labute approximate surface area is 106 Å². The standard InChI is InChI=1S/C11H12F4N2O2/c1-17(5-11(13,14)15)9-3-6(10(18)19-2)8(16)4-7(9)12/h3-4H,5,16H2,1-2H3. The van der Waals surface area contributed by atoms with Crippen LogP contribution in [0.5, 0.6) is 0 Å². The lowest BCUT2D eigenvalue weighted by molar-refractivity contribution is -0.119.